The maximum absolute atomic E-state index is 13.4. The number of anilines is 2. The van der Waals surface area contributed by atoms with E-state index in [-0.39, 0.29) is 5.91 Å². The van der Waals surface area contributed by atoms with E-state index < -0.39 is 0 Å². The number of aromatic amines is 1. The van der Waals surface area contributed by atoms with Crippen molar-refractivity contribution in [2.24, 2.45) is 0 Å². The molecule has 0 radical (unpaired) electrons. The molecule has 2 aliphatic heterocycles. The molecular weight excluding hydrogens is 470 g/mol. The molecule has 36 heavy (non-hydrogen) atoms. The number of carbonyl (C=O) groups excluding carboxylic acids is 1. The second kappa shape index (κ2) is 9.45. The summed E-state index contributed by atoms with van der Waals surface area (Å²) in [5.74, 6) is 0.512. The van der Waals surface area contributed by atoms with Crippen LogP contribution in [-0.4, -0.2) is 46.5 Å². The smallest absolute Gasteiger partial charge is 0.257 e. The summed E-state index contributed by atoms with van der Waals surface area (Å²) >= 11 is 6.22. The Balaban J connectivity index is 1.45. The van der Waals surface area contributed by atoms with Crippen LogP contribution in [0.2, 0.25) is 5.02 Å². The maximum atomic E-state index is 13.4. The summed E-state index contributed by atoms with van der Waals surface area (Å²) in [5.41, 5.74) is 6.67. The lowest BCUT2D eigenvalue weighted by atomic mass is 9.94. The highest BCUT2D eigenvalue weighted by Gasteiger charge is 2.30. The van der Waals surface area contributed by atoms with Crippen molar-refractivity contribution in [1.29, 1.82) is 0 Å². The summed E-state index contributed by atoms with van der Waals surface area (Å²) in [5, 5.41) is 7.39. The zero-order chi connectivity index (χ0) is 24.6. The molecule has 4 aromatic rings. The fraction of sp³-hybridized carbons (Fsp3) is 0.241. The van der Waals surface area contributed by atoms with Crippen LogP contribution < -0.4 is 10.6 Å². The van der Waals surface area contributed by atoms with Gasteiger partial charge in [0.1, 0.15) is 5.82 Å². The molecule has 1 fully saturated rings. The van der Waals surface area contributed by atoms with Crippen molar-refractivity contribution in [3.63, 3.8) is 0 Å². The number of rotatable bonds is 5. The number of aromatic nitrogens is 2. The molecule has 3 N–H and O–H groups in total. The van der Waals surface area contributed by atoms with Gasteiger partial charge in [0.15, 0.2) is 0 Å². The minimum Gasteiger partial charge on any atom is -0.382 e. The third-order valence-electron chi connectivity index (χ3n) is 7.16. The van der Waals surface area contributed by atoms with Crippen LogP contribution in [0.5, 0.6) is 0 Å². The van der Waals surface area contributed by atoms with E-state index in [9.17, 15) is 4.79 Å². The molecule has 1 saturated heterocycles. The predicted octanol–water partition coefficient (Wildman–Crippen LogP) is 6.02. The molecule has 0 atom stereocenters. The molecule has 6 nitrogen and oxygen atoms in total. The quantitative estimate of drug-likeness (QED) is 0.295. The van der Waals surface area contributed by atoms with Gasteiger partial charge in [0.25, 0.3) is 5.91 Å². The molecule has 0 unspecified atom stereocenters. The van der Waals surface area contributed by atoms with Gasteiger partial charge in [-0.3, -0.25) is 4.79 Å². The monoisotopic (exact) mass is 497 g/mol. The van der Waals surface area contributed by atoms with E-state index >= 15 is 0 Å². The van der Waals surface area contributed by atoms with Crippen LogP contribution in [0.3, 0.4) is 0 Å². The Kier molecular flexibility index (Phi) is 5.99. The molecular formula is C29H28ClN5O. The van der Waals surface area contributed by atoms with E-state index in [4.69, 9.17) is 16.6 Å². The number of amides is 1. The first kappa shape index (κ1) is 22.8. The molecule has 1 amide bonds. The number of nitrogens with zero attached hydrogens (tertiary/aromatic N) is 2. The molecule has 0 aliphatic carbocycles. The van der Waals surface area contributed by atoms with Crippen LogP contribution in [0.4, 0.5) is 11.4 Å². The summed E-state index contributed by atoms with van der Waals surface area (Å²) < 4.78 is 0. The second-order valence-corrected chi connectivity index (χ2v) is 9.87. The Labute approximate surface area is 215 Å². The average Bonchev–Trinajstić information content (AvgIpc) is 3.45. The van der Waals surface area contributed by atoms with Crippen molar-refractivity contribution in [3.05, 3.63) is 88.7 Å². The van der Waals surface area contributed by atoms with Crippen molar-refractivity contribution in [2.45, 2.75) is 25.8 Å². The van der Waals surface area contributed by atoms with Crippen LogP contribution >= 0.6 is 11.6 Å². The van der Waals surface area contributed by atoms with Gasteiger partial charge in [-0.1, -0.05) is 48.9 Å². The SMILES string of the molecule is CCN1CCC(Nc2ccc3c(c2)/C(=C(\c2ccccc2)c2nc4cc(Cl)ccc4[nH]2)C(=O)N3)CC1. The van der Waals surface area contributed by atoms with E-state index in [0.29, 0.717) is 22.5 Å². The summed E-state index contributed by atoms with van der Waals surface area (Å²) in [6.07, 6.45) is 2.23. The fourth-order valence-corrected chi connectivity index (χ4v) is 5.40. The molecule has 1 aromatic heterocycles. The molecule has 3 heterocycles. The first-order chi connectivity index (χ1) is 17.6. The van der Waals surface area contributed by atoms with Gasteiger partial charge in [0.2, 0.25) is 0 Å². The topological polar surface area (TPSA) is 73.0 Å². The number of carbonyl (C=O) groups is 1. The Morgan fingerprint density at radius 3 is 2.67 bits per heavy atom. The molecule has 182 valence electrons. The number of likely N-dealkylation sites (tertiary alicyclic amines) is 1. The van der Waals surface area contributed by atoms with Gasteiger partial charge in [-0.25, -0.2) is 4.98 Å². The lowest BCUT2D eigenvalue weighted by Crippen LogP contribution is -2.38. The van der Waals surface area contributed by atoms with Crippen LogP contribution in [0.25, 0.3) is 22.2 Å². The number of imidazole rings is 1. The van der Waals surface area contributed by atoms with Crippen molar-refractivity contribution in [3.8, 4) is 0 Å². The Morgan fingerprint density at radius 2 is 1.89 bits per heavy atom. The van der Waals surface area contributed by atoms with Crippen molar-refractivity contribution in [2.75, 3.05) is 30.3 Å². The van der Waals surface area contributed by atoms with Gasteiger partial charge in [-0.15, -0.1) is 0 Å². The fourth-order valence-electron chi connectivity index (χ4n) is 5.24. The number of benzene rings is 3. The lowest BCUT2D eigenvalue weighted by molar-refractivity contribution is -0.110. The highest BCUT2D eigenvalue weighted by molar-refractivity contribution is 6.38. The second-order valence-electron chi connectivity index (χ2n) is 9.43. The molecule has 6 rings (SSSR count). The van der Waals surface area contributed by atoms with Gasteiger partial charge in [0.05, 0.1) is 16.6 Å². The van der Waals surface area contributed by atoms with E-state index in [2.05, 4.69) is 39.6 Å². The number of fused-ring (bicyclic) bond motifs is 2. The molecule has 2 aliphatic rings. The van der Waals surface area contributed by atoms with Gasteiger partial charge >= 0.3 is 0 Å². The predicted molar refractivity (Wildman–Crippen MR) is 147 cm³/mol. The summed E-state index contributed by atoms with van der Waals surface area (Å²) in [6, 6.07) is 22.1. The number of piperidine rings is 1. The van der Waals surface area contributed by atoms with Crippen LogP contribution in [0.1, 0.15) is 36.7 Å². The number of nitrogens with one attached hydrogen (secondary N) is 3. The van der Waals surface area contributed by atoms with Crippen molar-refractivity contribution < 1.29 is 4.79 Å². The van der Waals surface area contributed by atoms with Gasteiger partial charge in [-0.05, 0) is 61.3 Å². The number of H-pyrrole nitrogens is 1. The van der Waals surface area contributed by atoms with Gasteiger partial charge in [0, 0.05) is 46.7 Å². The highest BCUT2D eigenvalue weighted by atomic mass is 35.5. The minimum atomic E-state index is -0.129. The number of halogens is 1. The Hall–Kier alpha value is -3.61. The van der Waals surface area contributed by atoms with E-state index in [0.717, 1.165) is 71.6 Å². The van der Waals surface area contributed by atoms with E-state index in [1.54, 1.807) is 0 Å². The molecule has 0 saturated carbocycles. The summed E-state index contributed by atoms with van der Waals surface area (Å²) in [4.78, 5) is 24.1. The van der Waals surface area contributed by atoms with E-state index in [1.807, 2.05) is 54.6 Å². The molecule has 3 aromatic carbocycles. The first-order valence-electron chi connectivity index (χ1n) is 12.5. The normalized spacial score (nSPS) is 17.8. The zero-order valence-electron chi connectivity index (χ0n) is 20.1. The highest BCUT2D eigenvalue weighted by Crippen LogP contribution is 2.41. The van der Waals surface area contributed by atoms with Crippen molar-refractivity contribution in [1.82, 2.24) is 14.9 Å². The van der Waals surface area contributed by atoms with Gasteiger partial charge in [-0.2, -0.15) is 0 Å². The van der Waals surface area contributed by atoms with Gasteiger partial charge < -0.3 is 20.5 Å². The van der Waals surface area contributed by atoms with Crippen LogP contribution in [0, 0.1) is 0 Å². The number of hydrogen-bond donors (Lipinski definition) is 3. The third kappa shape index (κ3) is 4.27. The van der Waals surface area contributed by atoms with Crippen molar-refractivity contribution >= 4 is 51.1 Å². The molecule has 0 bridgehead atoms. The standard InChI is InChI=1S/C29H28ClN5O/c1-2-35-14-12-20(13-15-35)31-21-9-11-23-22(17-21)27(29(36)34-23)26(18-6-4-3-5-7-18)28-32-24-10-8-19(30)16-25(24)33-28/h3-11,16-17,20,31H,2,12-15H2,1H3,(H,32,33)(H,34,36)/b27-26-. The Bertz CT molecular complexity index is 1470. The molecule has 0 spiro atoms. The third-order valence-corrected chi connectivity index (χ3v) is 7.40. The summed E-state index contributed by atoms with van der Waals surface area (Å²) in [6.45, 7) is 5.54. The van der Waals surface area contributed by atoms with E-state index in [1.165, 1.54) is 0 Å². The van der Waals surface area contributed by atoms with Crippen LogP contribution in [-0.2, 0) is 4.79 Å². The zero-order valence-corrected chi connectivity index (χ0v) is 20.9. The maximum Gasteiger partial charge on any atom is 0.257 e. The van der Waals surface area contributed by atoms with Crippen LogP contribution in [0.15, 0.2) is 66.7 Å². The Morgan fingerprint density at radius 1 is 1.08 bits per heavy atom. The largest absolute Gasteiger partial charge is 0.382 e. The number of hydrogen-bond acceptors (Lipinski definition) is 4. The average molecular weight is 498 g/mol. The lowest BCUT2D eigenvalue weighted by Gasteiger charge is -2.32. The molecule has 7 heteroatoms. The summed E-state index contributed by atoms with van der Waals surface area (Å²) in [7, 11) is 0. The minimum absolute atomic E-state index is 0.129. The first-order valence-corrected chi connectivity index (χ1v) is 12.9.